The molecule has 4 N–H and O–H groups in total. The second kappa shape index (κ2) is 7.49. The number of H-pyrrole nitrogens is 1. The van der Waals surface area contributed by atoms with E-state index < -0.39 is 5.91 Å². The van der Waals surface area contributed by atoms with Gasteiger partial charge >= 0.3 is 0 Å². The normalized spacial score (nSPS) is 10.7. The van der Waals surface area contributed by atoms with Gasteiger partial charge in [-0.1, -0.05) is 18.2 Å². The molecule has 140 valence electrons. The molecule has 0 saturated carbocycles. The first-order valence-corrected chi connectivity index (χ1v) is 9.20. The second-order valence-electron chi connectivity index (χ2n) is 5.94. The Bertz CT molecular complexity index is 1130. The summed E-state index contributed by atoms with van der Waals surface area (Å²) in [6.07, 6.45) is 3.18. The summed E-state index contributed by atoms with van der Waals surface area (Å²) in [5.41, 5.74) is 8.26. The van der Waals surface area contributed by atoms with Gasteiger partial charge in [0.25, 0.3) is 5.91 Å². The first-order chi connectivity index (χ1) is 13.6. The van der Waals surface area contributed by atoms with Crippen LogP contribution in [-0.2, 0) is 11.2 Å². The summed E-state index contributed by atoms with van der Waals surface area (Å²) in [5, 5.41) is 4.98. The third kappa shape index (κ3) is 3.84. The lowest BCUT2D eigenvalue weighted by atomic mass is 10.2. The third-order valence-electron chi connectivity index (χ3n) is 3.91. The Hall–Kier alpha value is -3.72. The van der Waals surface area contributed by atoms with Crippen molar-refractivity contribution >= 4 is 28.3 Å². The fraction of sp³-hybridized carbons (Fsp3) is 0.0526. The molecule has 9 heteroatoms. The number of aromatic nitrogens is 3. The minimum atomic E-state index is -0.544. The van der Waals surface area contributed by atoms with Crippen molar-refractivity contribution in [3.63, 3.8) is 0 Å². The van der Waals surface area contributed by atoms with Crippen LogP contribution >= 0.6 is 11.3 Å². The van der Waals surface area contributed by atoms with Crippen LogP contribution in [0.1, 0.15) is 16.2 Å². The Balaban J connectivity index is 1.40. The highest BCUT2D eigenvalue weighted by atomic mass is 32.1. The van der Waals surface area contributed by atoms with Gasteiger partial charge in [0.1, 0.15) is 12.0 Å². The predicted octanol–water partition coefficient (Wildman–Crippen LogP) is 3.07. The number of amides is 2. The number of carbonyl (C=O) groups excluding carboxylic acids is 2. The first-order valence-electron chi connectivity index (χ1n) is 8.32. The predicted molar refractivity (Wildman–Crippen MR) is 105 cm³/mol. The summed E-state index contributed by atoms with van der Waals surface area (Å²) in [5.74, 6) is -0.323. The van der Waals surface area contributed by atoms with Crippen LogP contribution < -0.4 is 11.1 Å². The maximum absolute atomic E-state index is 12.3. The number of nitrogens with zero attached hydrogens (tertiary/aromatic N) is 2. The van der Waals surface area contributed by atoms with Gasteiger partial charge in [0.15, 0.2) is 5.13 Å². The van der Waals surface area contributed by atoms with Crippen molar-refractivity contribution in [2.24, 2.45) is 5.73 Å². The Morgan fingerprint density at radius 3 is 2.75 bits per heavy atom. The van der Waals surface area contributed by atoms with Gasteiger partial charge in [0, 0.05) is 22.7 Å². The van der Waals surface area contributed by atoms with E-state index in [2.05, 4.69) is 20.3 Å². The Kier molecular flexibility index (Phi) is 4.73. The van der Waals surface area contributed by atoms with Crippen molar-refractivity contribution in [1.29, 1.82) is 0 Å². The van der Waals surface area contributed by atoms with E-state index in [1.807, 2.05) is 30.3 Å². The van der Waals surface area contributed by atoms with Gasteiger partial charge < -0.3 is 20.5 Å². The van der Waals surface area contributed by atoms with Gasteiger partial charge in [0.2, 0.25) is 11.8 Å². The van der Waals surface area contributed by atoms with Gasteiger partial charge in [-0.2, -0.15) is 0 Å². The standard InChI is InChI=1S/C19H15N5O3S/c20-17(26)14-6-12(8-21-14)15-10-28-19(23-15)24-16(25)7-13-9-27-18(22-13)11-4-2-1-3-5-11/h1-6,8-10,21H,7H2,(H2,20,26)(H,23,24,25). The molecule has 3 heterocycles. The van der Waals surface area contributed by atoms with Crippen LogP contribution in [0.3, 0.4) is 0 Å². The Morgan fingerprint density at radius 2 is 2.00 bits per heavy atom. The van der Waals surface area contributed by atoms with Crippen LogP contribution in [0.2, 0.25) is 0 Å². The summed E-state index contributed by atoms with van der Waals surface area (Å²) in [6, 6.07) is 11.1. The highest BCUT2D eigenvalue weighted by Crippen LogP contribution is 2.25. The molecule has 0 saturated heterocycles. The number of oxazole rings is 1. The molecule has 4 rings (SSSR count). The highest BCUT2D eigenvalue weighted by Gasteiger charge is 2.13. The van der Waals surface area contributed by atoms with Crippen LogP contribution in [0.15, 0.2) is 58.7 Å². The quantitative estimate of drug-likeness (QED) is 0.464. The smallest absolute Gasteiger partial charge is 0.265 e. The largest absolute Gasteiger partial charge is 0.444 e. The number of hydrogen-bond donors (Lipinski definition) is 3. The maximum atomic E-state index is 12.3. The van der Waals surface area contributed by atoms with Crippen molar-refractivity contribution in [1.82, 2.24) is 15.0 Å². The lowest BCUT2D eigenvalue weighted by molar-refractivity contribution is -0.115. The number of nitrogens with two attached hydrogens (primary N) is 1. The molecule has 0 atom stereocenters. The molecular weight excluding hydrogens is 378 g/mol. The van der Waals surface area contributed by atoms with Crippen LogP contribution in [-0.4, -0.2) is 26.8 Å². The fourth-order valence-electron chi connectivity index (χ4n) is 2.58. The average molecular weight is 393 g/mol. The van der Waals surface area contributed by atoms with Crippen molar-refractivity contribution in [3.05, 3.63) is 65.6 Å². The van der Waals surface area contributed by atoms with E-state index in [9.17, 15) is 9.59 Å². The number of primary amides is 1. The van der Waals surface area contributed by atoms with Crippen LogP contribution in [0, 0.1) is 0 Å². The van der Waals surface area contributed by atoms with Gasteiger partial charge in [0.05, 0.1) is 17.8 Å². The van der Waals surface area contributed by atoms with Gasteiger partial charge in [-0.05, 0) is 18.2 Å². The second-order valence-corrected chi connectivity index (χ2v) is 6.80. The highest BCUT2D eigenvalue weighted by molar-refractivity contribution is 7.14. The molecule has 8 nitrogen and oxygen atoms in total. The summed E-state index contributed by atoms with van der Waals surface area (Å²) >= 11 is 1.29. The zero-order chi connectivity index (χ0) is 19.5. The van der Waals surface area contributed by atoms with Crippen molar-refractivity contribution in [2.75, 3.05) is 5.32 Å². The summed E-state index contributed by atoms with van der Waals surface area (Å²) in [4.78, 5) is 34.9. The zero-order valence-electron chi connectivity index (χ0n) is 14.5. The number of thiazole rings is 1. The molecular formula is C19H15N5O3S. The molecule has 3 aromatic heterocycles. The molecule has 0 aliphatic rings. The molecule has 0 aliphatic carbocycles. The van der Waals surface area contributed by atoms with Crippen LogP contribution in [0.5, 0.6) is 0 Å². The SMILES string of the molecule is NC(=O)c1cc(-c2csc(NC(=O)Cc3coc(-c4ccccc4)n3)n2)c[nH]1. The van der Waals surface area contributed by atoms with Crippen molar-refractivity contribution < 1.29 is 14.0 Å². The van der Waals surface area contributed by atoms with Crippen molar-refractivity contribution in [3.8, 4) is 22.7 Å². The van der Waals surface area contributed by atoms with E-state index in [-0.39, 0.29) is 12.3 Å². The molecule has 0 bridgehead atoms. The Morgan fingerprint density at radius 1 is 1.18 bits per heavy atom. The van der Waals surface area contributed by atoms with Crippen LogP contribution in [0.25, 0.3) is 22.7 Å². The molecule has 0 unspecified atom stereocenters. The number of hydrogen-bond acceptors (Lipinski definition) is 6. The zero-order valence-corrected chi connectivity index (χ0v) is 15.3. The van der Waals surface area contributed by atoms with E-state index >= 15 is 0 Å². The average Bonchev–Trinajstić information content (AvgIpc) is 3.42. The summed E-state index contributed by atoms with van der Waals surface area (Å²) in [6.45, 7) is 0. The lowest BCUT2D eigenvalue weighted by Gasteiger charge is -1.98. The third-order valence-corrected chi connectivity index (χ3v) is 4.67. The summed E-state index contributed by atoms with van der Waals surface area (Å²) < 4.78 is 5.44. The lowest BCUT2D eigenvalue weighted by Crippen LogP contribution is -2.14. The number of aromatic amines is 1. The molecule has 0 fully saturated rings. The molecule has 28 heavy (non-hydrogen) atoms. The number of rotatable bonds is 6. The van der Waals surface area contributed by atoms with Gasteiger partial charge in [-0.3, -0.25) is 9.59 Å². The van der Waals surface area contributed by atoms with Crippen LogP contribution in [0.4, 0.5) is 5.13 Å². The number of benzene rings is 1. The number of carbonyl (C=O) groups is 2. The maximum Gasteiger partial charge on any atom is 0.265 e. The monoisotopic (exact) mass is 393 g/mol. The van der Waals surface area contributed by atoms with E-state index in [4.69, 9.17) is 10.2 Å². The van der Waals surface area contributed by atoms with Crippen molar-refractivity contribution in [2.45, 2.75) is 6.42 Å². The van der Waals surface area contributed by atoms with Gasteiger partial charge in [-0.15, -0.1) is 11.3 Å². The molecule has 0 spiro atoms. The molecule has 2 amide bonds. The minimum Gasteiger partial charge on any atom is -0.444 e. The van der Waals surface area contributed by atoms with E-state index in [0.29, 0.717) is 28.1 Å². The Labute approximate surface area is 163 Å². The minimum absolute atomic E-state index is 0.0707. The molecule has 0 aliphatic heterocycles. The molecule has 1 aromatic carbocycles. The number of nitrogens with one attached hydrogen (secondary N) is 2. The number of anilines is 1. The first kappa shape index (κ1) is 17.7. The fourth-order valence-corrected chi connectivity index (χ4v) is 3.31. The molecule has 0 radical (unpaired) electrons. The van der Waals surface area contributed by atoms with E-state index in [1.54, 1.807) is 17.6 Å². The van der Waals surface area contributed by atoms with Gasteiger partial charge in [-0.25, -0.2) is 9.97 Å². The summed E-state index contributed by atoms with van der Waals surface area (Å²) in [7, 11) is 0. The van der Waals surface area contributed by atoms with E-state index in [1.165, 1.54) is 17.6 Å². The topological polar surface area (TPSA) is 127 Å². The van der Waals surface area contributed by atoms with E-state index in [0.717, 1.165) is 11.1 Å². The molecule has 4 aromatic rings.